The minimum Gasteiger partial charge on any atom is -0.394 e. The fourth-order valence-electron chi connectivity index (χ4n) is 1.97. The number of benzene rings is 1. The van der Waals surface area contributed by atoms with Crippen molar-refractivity contribution in [1.29, 1.82) is 0 Å². The van der Waals surface area contributed by atoms with Crippen LogP contribution in [0.4, 0.5) is 11.4 Å². The number of aliphatic hydroxyl groups excluding tert-OH is 1. The molecule has 1 aromatic carbocycles. The number of nitrogen functional groups attached to an aromatic ring is 1. The highest BCUT2D eigenvalue weighted by Gasteiger charge is 2.34. The highest BCUT2D eigenvalue weighted by molar-refractivity contribution is 7.88. The van der Waals surface area contributed by atoms with Crippen LogP contribution in [0, 0.1) is 0 Å². The molecule has 102 valence electrons. The number of nitrogens with one attached hydrogen (secondary N) is 1. The number of nitrogens with two attached hydrogens (primary N) is 1. The van der Waals surface area contributed by atoms with Crippen molar-refractivity contribution in [1.82, 2.24) is 9.42 Å². The molecule has 0 bridgehead atoms. The van der Waals surface area contributed by atoms with E-state index < -0.39 is 10.0 Å². The molecule has 4 N–H and O–H groups in total. The standard InChI is InChI=1S/C11H20N3O3S/c1-3-14(8-9-15,13-18(2,16)17)11-7-5-4-6-10(11)12/h4-7,13,15H,3,8-9,12H2,1-2H3/q+1. The number of likely N-dealkylation sites (N-methyl/N-ethyl adjacent to an activating group) is 1. The van der Waals surface area contributed by atoms with Gasteiger partial charge in [-0.3, -0.25) is 0 Å². The molecule has 7 heteroatoms. The largest absolute Gasteiger partial charge is 0.394 e. The zero-order chi connectivity index (χ0) is 13.8. The van der Waals surface area contributed by atoms with Gasteiger partial charge in [-0.1, -0.05) is 17.0 Å². The molecule has 1 rings (SSSR count). The van der Waals surface area contributed by atoms with Crippen molar-refractivity contribution in [3.8, 4) is 0 Å². The first-order valence-electron chi connectivity index (χ1n) is 5.66. The maximum absolute atomic E-state index is 11.5. The molecule has 0 aliphatic rings. The number of hydrogen-bond acceptors (Lipinski definition) is 4. The zero-order valence-electron chi connectivity index (χ0n) is 10.6. The predicted octanol–water partition coefficient (Wildman–Crippen LogP) is 0.0525. The Morgan fingerprint density at radius 1 is 1.39 bits per heavy atom. The molecule has 0 aromatic heterocycles. The normalized spacial score (nSPS) is 15.3. The van der Waals surface area contributed by atoms with Crippen LogP contribution in [-0.2, 0) is 10.0 Å². The molecule has 1 unspecified atom stereocenters. The van der Waals surface area contributed by atoms with Gasteiger partial charge in [0.25, 0.3) is 10.0 Å². The van der Waals surface area contributed by atoms with Crippen LogP contribution in [-0.4, -0.2) is 39.5 Å². The van der Waals surface area contributed by atoms with Crippen molar-refractivity contribution < 1.29 is 13.5 Å². The number of aliphatic hydroxyl groups is 1. The molecule has 0 saturated carbocycles. The molecule has 0 radical (unpaired) electrons. The van der Waals surface area contributed by atoms with Crippen LogP contribution in [0.15, 0.2) is 24.3 Å². The minimum atomic E-state index is -3.43. The van der Waals surface area contributed by atoms with Crippen molar-refractivity contribution in [2.75, 3.05) is 31.7 Å². The lowest BCUT2D eigenvalue weighted by Gasteiger charge is -2.35. The highest BCUT2D eigenvalue weighted by atomic mass is 32.2. The lowest BCUT2D eigenvalue weighted by atomic mass is 10.2. The molecule has 0 heterocycles. The Morgan fingerprint density at radius 2 is 2.00 bits per heavy atom. The first kappa shape index (κ1) is 14.9. The number of anilines is 1. The van der Waals surface area contributed by atoms with Crippen molar-refractivity contribution in [2.45, 2.75) is 6.92 Å². The summed E-state index contributed by atoms with van der Waals surface area (Å²) < 4.78 is 22.9. The summed E-state index contributed by atoms with van der Waals surface area (Å²) in [5.41, 5.74) is 7.03. The van der Waals surface area contributed by atoms with Crippen molar-refractivity contribution in [2.24, 2.45) is 0 Å². The number of para-hydroxylation sites is 2. The minimum absolute atomic E-state index is 0.0952. The Balaban J connectivity index is 3.31. The fraction of sp³-hybridized carbons (Fsp3) is 0.455. The van der Waals surface area contributed by atoms with Gasteiger partial charge in [-0.15, -0.1) is 0 Å². The van der Waals surface area contributed by atoms with Crippen LogP contribution in [0.3, 0.4) is 0 Å². The van der Waals surface area contributed by atoms with E-state index in [0.717, 1.165) is 6.26 Å². The van der Waals surface area contributed by atoms with E-state index in [0.29, 0.717) is 17.9 Å². The van der Waals surface area contributed by atoms with Crippen molar-refractivity contribution >= 4 is 21.4 Å². The number of rotatable bonds is 6. The summed E-state index contributed by atoms with van der Waals surface area (Å²) in [6.45, 7) is 2.35. The molecule has 6 nitrogen and oxygen atoms in total. The van der Waals surface area contributed by atoms with Gasteiger partial charge < -0.3 is 10.8 Å². The van der Waals surface area contributed by atoms with E-state index in [1.807, 2.05) is 6.92 Å². The van der Waals surface area contributed by atoms with Crippen LogP contribution in [0.25, 0.3) is 0 Å². The molecular weight excluding hydrogens is 254 g/mol. The summed E-state index contributed by atoms with van der Waals surface area (Å²) >= 11 is 0. The van der Waals surface area contributed by atoms with Crippen molar-refractivity contribution in [3.63, 3.8) is 0 Å². The number of nitrogens with zero attached hydrogens (tertiary/aromatic N) is 1. The Kier molecular flexibility index (Phi) is 4.69. The Morgan fingerprint density at radius 3 is 2.44 bits per heavy atom. The summed E-state index contributed by atoms with van der Waals surface area (Å²) in [6.07, 6.45) is 1.09. The number of quaternary nitrogens is 1. The second-order valence-electron chi connectivity index (χ2n) is 4.15. The van der Waals surface area contributed by atoms with Gasteiger partial charge in [-0.2, -0.15) is 4.59 Å². The fourth-order valence-corrected chi connectivity index (χ4v) is 2.93. The topological polar surface area (TPSA) is 92.4 Å². The number of hydrogen-bond donors (Lipinski definition) is 3. The maximum Gasteiger partial charge on any atom is 0.250 e. The van der Waals surface area contributed by atoms with Crippen molar-refractivity contribution in [3.05, 3.63) is 24.3 Å². The van der Waals surface area contributed by atoms with E-state index in [1.165, 1.54) is 0 Å². The van der Waals surface area contributed by atoms with Gasteiger partial charge in [-0.05, 0) is 13.0 Å². The molecule has 1 atom stereocenters. The lowest BCUT2D eigenvalue weighted by Crippen LogP contribution is -2.62. The summed E-state index contributed by atoms with van der Waals surface area (Å²) in [6, 6.07) is 7.03. The van der Waals surface area contributed by atoms with E-state index >= 15 is 0 Å². The Bertz CT molecular complexity index is 504. The van der Waals surface area contributed by atoms with Gasteiger partial charge in [-0.25, -0.2) is 8.42 Å². The zero-order valence-corrected chi connectivity index (χ0v) is 11.4. The molecule has 0 fully saturated rings. The van der Waals surface area contributed by atoms with Crippen LogP contribution in [0.5, 0.6) is 0 Å². The predicted molar refractivity (Wildman–Crippen MR) is 73.1 cm³/mol. The van der Waals surface area contributed by atoms with Gasteiger partial charge in [0.05, 0.1) is 25.1 Å². The first-order valence-corrected chi connectivity index (χ1v) is 7.56. The molecule has 1 aromatic rings. The smallest absolute Gasteiger partial charge is 0.250 e. The summed E-state index contributed by atoms with van der Waals surface area (Å²) in [5, 5.41) is 9.19. The molecule has 0 aliphatic carbocycles. The lowest BCUT2D eigenvalue weighted by molar-refractivity contribution is 0.185. The number of sulfonamides is 1. The third-order valence-electron chi connectivity index (χ3n) is 2.76. The molecule has 0 saturated heterocycles. The second kappa shape index (κ2) is 5.66. The first-order chi connectivity index (χ1) is 8.34. The third kappa shape index (κ3) is 3.42. The van der Waals surface area contributed by atoms with Gasteiger partial charge in [0.1, 0.15) is 6.54 Å². The summed E-state index contributed by atoms with van der Waals surface area (Å²) in [5.74, 6) is 0. The summed E-state index contributed by atoms with van der Waals surface area (Å²) in [4.78, 5) is 2.55. The molecule has 0 aliphatic heterocycles. The van der Waals surface area contributed by atoms with Crippen LogP contribution in [0.2, 0.25) is 0 Å². The second-order valence-corrected chi connectivity index (χ2v) is 5.88. The summed E-state index contributed by atoms with van der Waals surface area (Å²) in [7, 11) is -3.43. The SMILES string of the molecule is CC[N+](CCO)(NS(C)(=O)=O)c1ccccc1N. The Labute approximate surface area is 108 Å². The monoisotopic (exact) mass is 274 g/mol. The van der Waals surface area contributed by atoms with E-state index in [2.05, 4.69) is 4.83 Å². The Hall–Kier alpha value is -1.15. The average molecular weight is 274 g/mol. The van der Waals surface area contributed by atoms with E-state index in [9.17, 15) is 13.5 Å². The molecule has 0 spiro atoms. The maximum atomic E-state index is 11.5. The van der Waals surface area contributed by atoms with E-state index in [-0.39, 0.29) is 17.7 Å². The molecule has 18 heavy (non-hydrogen) atoms. The highest BCUT2D eigenvalue weighted by Crippen LogP contribution is 2.27. The van der Waals surface area contributed by atoms with Gasteiger partial charge in [0.2, 0.25) is 0 Å². The van der Waals surface area contributed by atoms with Crippen LogP contribution < -0.4 is 15.2 Å². The average Bonchev–Trinajstić information content (AvgIpc) is 2.27. The third-order valence-corrected chi connectivity index (χ3v) is 3.44. The van der Waals surface area contributed by atoms with Crippen LogP contribution >= 0.6 is 0 Å². The van der Waals surface area contributed by atoms with E-state index in [4.69, 9.17) is 5.73 Å². The van der Waals surface area contributed by atoms with Gasteiger partial charge >= 0.3 is 0 Å². The molecule has 0 amide bonds. The van der Waals surface area contributed by atoms with Gasteiger partial charge in [0.15, 0.2) is 5.69 Å². The van der Waals surface area contributed by atoms with Gasteiger partial charge in [0, 0.05) is 6.07 Å². The quantitative estimate of drug-likeness (QED) is 0.388. The van der Waals surface area contributed by atoms with E-state index in [1.54, 1.807) is 24.3 Å². The molecular formula is C11H20N3O3S+. The van der Waals surface area contributed by atoms with Crippen LogP contribution in [0.1, 0.15) is 6.92 Å².